The lowest BCUT2D eigenvalue weighted by Gasteiger charge is -2.23. The highest BCUT2D eigenvalue weighted by Crippen LogP contribution is 2.42. The number of carbonyl (C=O) groups is 1. The SMILES string of the molecule is COCCN(CCOC)Cc1c(O)cc(C)c2c1O/C(=C/c1ccc(C)o1)C2=O. The Balaban J connectivity index is 1.94. The molecular weight excluding hydrogens is 374 g/mol. The Morgan fingerprint density at radius 3 is 2.41 bits per heavy atom. The first-order chi connectivity index (χ1) is 13.9. The third-order valence-electron chi connectivity index (χ3n) is 4.86. The number of hydrogen-bond acceptors (Lipinski definition) is 7. The number of allylic oxidation sites excluding steroid dienone is 1. The molecular formula is C22H27NO6. The van der Waals surface area contributed by atoms with E-state index in [1.54, 1.807) is 39.4 Å². The van der Waals surface area contributed by atoms with Gasteiger partial charge in [-0.05, 0) is 37.6 Å². The summed E-state index contributed by atoms with van der Waals surface area (Å²) in [6.45, 7) is 6.43. The number of aryl methyl sites for hydroxylation is 2. The zero-order valence-electron chi connectivity index (χ0n) is 17.3. The second kappa shape index (κ2) is 9.26. The molecule has 0 atom stereocenters. The minimum absolute atomic E-state index is 0.101. The number of carbonyl (C=O) groups excluding carboxylic acids is 1. The molecule has 0 spiro atoms. The molecule has 0 aliphatic carbocycles. The number of furan rings is 1. The van der Waals surface area contributed by atoms with E-state index < -0.39 is 0 Å². The molecule has 156 valence electrons. The van der Waals surface area contributed by atoms with Crippen molar-refractivity contribution in [2.24, 2.45) is 0 Å². The van der Waals surface area contributed by atoms with Gasteiger partial charge >= 0.3 is 0 Å². The maximum atomic E-state index is 13.0. The number of hydrogen-bond donors (Lipinski definition) is 1. The van der Waals surface area contributed by atoms with Crippen molar-refractivity contribution >= 4 is 11.9 Å². The molecule has 7 heteroatoms. The number of ether oxygens (including phenoxy) is 3. The van der Waals surface area contributed by atoms with E-state index in [2.05, 4.69) is 4.90 Å². The summed E-state index contributed by atoms with van der Waals surface area (Å²) in [5.41, 5.74) is 1.72. The van der Waals surface area contributed by atoms with Crippen molar-refractivity contribution in [2.75, 3.05) is 40.5 Å². The van der Waals surface area contributed by atoms with E-state index >= 15 is 0 Å². The van der Waals surface area contributed by atoms with Crippen LogP contribution in [0.15, 0.2) is 28.4 Å². The van der Waals surface area contributed by atoms with Crippen LogP contribution in [0.25, 0.3) is 6.08 Å². The maximum absolute atomic E-state index is 13.0. The molecule has 2 aromatic rings. The second-order valence-corrected chi connectivity index (χ2v) is 7.05. The van der Waals surface area contributed by atoms with Crippen molar-refractivity contribution < 1.29 is 28.5 Å². The average molecular weight is 401 g/mol. The van der Waals surface area contributed by atoms with E-state index in [1.807, 2.05) is 13.0 Å². The lowest BCUT2D eigenvalue weighted by molar-refractivity contribution is 0.101. The zero-order valence-corrected chi connectivity index (χ0v) is 17.3. The highest BCUT2D eigenvalue weighted by Gasteiger charge is 2.33. The fourth-order valence-electron chi connectivity index (χ4n) is 3.33. The first kappa shape index (κ1) is 21.1. The Bertz CT molecular complexity index is 906. The number of methoxy groups -OCH3 is 2. The zero-order chi connectivity index (χ0) is 21.0. The lowest BCUT2D eigenvalue weighted by atomic mass is 9.99. The monoisotopic (exact) mass is 401 g/mol. The number of benzene rings is 1. The summed E-state index contributed by atoms with van der Waals surface area (Å²) in [6, 6.07) is 5.22. The minimum atomic E-state index is -0.215. The summed E-state index contributed by atoms with van der Waals surface area (Å²) in [5.74, 6) is 1.77. The van der Waals surface area contributed by atoms with Crippen LogP contribution < -0.4 is 4.74 Å². The number of fused-ring (bicyclic) bond motifs is 1. The van der Waals surface area contributed by atoms with Gasteiger partial charge in [-0.25, -0.2) is 0 Å². The van der Waals surface area contributed by atoms with Gasteiger partial charge in [0.1, 0.15) is 23.0 Å². The van der Waals surface area contributed by atoms with Gasteiger partial charge in [-0.3, -0.25) is 9.69 Å². The quantitative estimate of drug-likeness (QED) is 0.646. The van der Waals surface area contributed by atoms with E-state index in [0.29, 0.717) is 61.0 Å². The van der Waals surface area contributed by atoms with Crippen LogP contribution in [0.2, 0.25) is 0 Å². The van der Waals surface area contributed by atoms with Crippen LogP contribution in [-0.4, -0.2) is 56.3 Å². The molecule has 0 unspecified atom stereocenters. The molecule has 3 rings (SSSR count). The molecule has 0 saturated heterocycles. The van der Waals surface area contributed by atoms with Crippen molar-refractivity contribution in [1.29, 1.82) is 0 Å². The minimum Gasteiger partial charge on any atom is -0.507 e. The summed E-state index contributed by atoms with van der Waals surface area (Å²) in [5, 5.41) is 10.6. The average Bonchev–Trinajstić information content (AvgIpc) is 3.24. The molecule has 0 bridgehead atoms. The van der Waals surface area contributed by atoms with Crippen LogP contribution in [0.1, 0.15) is 33.0 Å². The molecule has 1 aromatic heterocycles. The molecule has 1 N–H and O–H groups in total. The van der Waals surface area contributed by atoms with Gasteiger partial charge in [0.05, 0.1) is 24.3 Å². The van der Waals surface area contributed by atoms with Crippen LogP contribution >= 0.6 is 0 Å². The number of rotatable bonds is 9. The van der Waals surface area contributed by atoms with Crippen molar-refractivity contribution in [3.63, 3.8) is 0 Å². The molecule has 1 aromatic carbocycles. The van der Waals surface area contributed by atoms with Crippen LogP contribution in [0.5, 0.6) is 11.5 Å². The number of nitrogens with zero attached hydrogens (tertiary/aromatic N) is 1. The Hall–Kier alpha value is -2.61. The van der Waals surface area contributed by atoms with E-state index in [4.69, 9.17) is 18.6 Å². The van der Waals surface area contributed by atoms with Crippen molar-refractivity contribution in [2.45, 2.75) is 20.4 Å². The van der Waals surface area contributed by atoms with Crippen LogP contribution in [-0.2, 0) is 16.0 Å². The van der Waals surface area contributed by atoms with Gasteiger partial charge in [-0.15, -0.1) is 0 Å². The van der Waals surface area contributed by atoms with E-state index in [0.717, 1.165) is 5.76 Å². The first-order valence-corrected chi connectivity index (χ1v) is 9.51. The number of Topliss-reactive ketones (excluding diaryl/α,β-unsaturated/α-hetero) is 1. The molecule has 1 aliphatic rings. The van der Waals surface area contributed by atoms with Gasteiger partial charge in [-0.2, -0.15) is 0 Å². The molecule has 29 heavy (non-hydrogen) atoms. The second-order valence-electron chi connectivity index (χ2n) is 7.05. The fraction of sp³-hybridized carbons (Fsp3) is 0.409. The third kappa shape index (κ3) is 4.70. The summed E-state index contributed by atoms with van der Waals surface area (Å²) >= 11 is 0. The van der Waals surface area contributed by atoms with E-state index in [9.17, 15) is 9.90 Å². The first-order valence-electron chi connectivity index (χ1n) is 9.51. The topological polar surface area (TPSA) is 81.4 Å². The highest BCUT2D eigenvalue weighted by molar-refractivity contribution is 6.15. The normalized spacial score (nSPS) is 14.7. The summed E-state index contributed by atoms with van der Waals surface area (Å²) in [7, 11) is 3.29. The molecule has 0 saturated carbocycles. The van der Waals surface area contributed by atoms with Crippen LogP contribution in [0, 0.1) is 13.8 Å². The van der Waals surface area contributed by atoms with Gasteiger partial charge < -0.3 is 23.7 Å². The summed E-state index contributed by atoms with van der Waals surface area (Å²) in [6.07, 6.45) is 1.59. The predicted octanol–water partition coefficient (Wildman–Crippen LogP) is 3.31. The molecule has 2 heterocycles. The van der Waals surface area contributed by atoms with Gasteiger partial charge in [0.25, 0.3) is 0 Å². The molecule has 0 amide bonds. The van der Waals surface area contributed by atoms with E-state index in [-0.39, 0.29) is 17.3 Å². The number of ketones is 1. The summed E-state index contributed by atoms with van der Waals surface area (Å²) in [4.78, 5) is 15.0. The third-order valence-corrected chi connectivity index (χ3v) is 4.86. The van der Waals surface area contributed by atoms with Crippen molar-refractivity contribution in [3.05, 3.63) is 52.2 Å². The van der Waals surface area contributed by atoms with Crippen LogP contribution in [0.3, 0.4) is 0 Å². The summed E-state index contributed by atoms with van der Waals surface area (Å²) < 4.78 is 21.8. The number of phenols is 1. The van der Waals surface area contributed by atoms with Crippen molar-refractivity contribution in [1.82, 2.24) is 4.90 Å². The van der Waals surface area contributed by atoms with Crippen molar-refractivity contribution in [3.8, 4) is 11.5 Å². The Labute approximate surface area is 170 Å². The maximum Gasteiger partial charge on any atom is 0.232 e. The lowest BCUT2D eigenvalue weighted by Crippen LogP contribution is -2.30. The molecule has 7 nitrogen and oxygen atoms in total. The standard InChI is InChI=1S/C22H27NO6/c1-14-11-18(24)17(13-23(7-9-26-3)8-10-27-4)22-20(14)21(25)19(29-22)12-16-6-5-15(2)28-16/h5-6,11-12,24H,7-10,13H2,1-4H3/b19-12+. The Kier molecular flexibility index (Phi) is 6.74. The van der Waals surface area contributed by atoms with Gasteiger partial charge in [0.2, 0.25) is 5.78 Å². The highest BCUT2D eigenvalue weighted by atomic mass is 16.5. The van der Waals surface area contributed by atoms with Crippen LogP contribution in [0.4, 0.5) is 0 Å². The van der Waals surface area contributed by atoms with Gasteiger partial charge in [0.15, 0.2) is 5.76 Å². The smallest absolute Gasteiger partial charge is 0.232 e. The number of phenolic OH excluding ortho intramolecular Hbond substituents is 1. The number of aromatic hydroxyl groups is 1. The Morgan fingerprint density at radius 1 is 1.14 bits per heavy atom. The predicted molar refractivity (Wildman–Crippen MR) is 108 cm³/mol. The van der Waals surface area contributed by atoms with Gasteiger partial charge in [0, 0.05) is 39.9 Å². The molecule has 0 fully saturated rings. The molecule has 1 aliphatic heterocycles. The fourth-order valence-corrected chi connectivity index (χ4v) is 3.33. The Morgan fingerprint density at radius 2 is 1.83 bits per heavy atom. The molecule has 0 radical (unpaired) electrons. The largest absolute Gasteiger partial charge is 0.507 e. The van der Waals surface area contributed by atoms with Gasteiger partial charge in [-0.1, -0.05) is 0 Å². The van der Waals surface area contributed by atoms with E-state index in [1.165, 1.54) is 0 Å².